The van der Waals surface area contributed by atoms with Crippen LogP contribution in [-0.2, 0) is 11.2 Å². The fourth-order valence-corrected chi connectivity index (χ4v) is 3.03. The molecule has 2 rings (SSSR count). The first-order valence-corrected chi connectivity index (χ1v) is 8.09. The van der Waals surface area contributed by atoms with Crippen LogP contribution in [0.1, 0.15) is 31.9 Å². The van der Waals surface area contributed by atoms with E-state index in [0.717, 1.165) is 5.75 Å². The molecule has 0 aliphatic rings. The lowest BCUT2D eigenvalue weighted by molar-refractivity contribution is 0.590. The highest BCUT2D eigenvalue weighted by Crippen LogP contribution is 2.25. The maximum absolute atomic E-state index is 4.16. The number of hydrogen-bond donors (Lipinski definition) is 2. The van der Waals surface area contributed by atoms with Gasteiger partial charge in [-0.3, -0.25) is 0 Å². The molecule has 0 N–H and O–H groups in total. The fourth-order valence-electron chi connectivity index (χ4n) is 1.65. The van der Waals surface area contributed by atoms with Crippen LogP contribution < -0.4 is 0 Å². The highest BCUT2D eigenvalue weighted by Gasteiger charge is 2.12. The highest BCUT2D eigenvalue weighted by molar-refractivity contribution is 7.98. The lowest BCUT2D eigenvalue weighted by atomic mass is 9.87. The molecule has 20 heavy (non-hydrogen) atoms. The first-order chi connectivity index (χ1) is 9.34. The summed E-state index contributed by atoms with van der Waals surface area (Å²) in [6.45, 7) is 6.64. The van der Waals surface area contributed by atoms with Crippen LogP contribution in [0.3, 0.4) is 0 Å². The Morgan fingerprint density at radius 2 is 1.50 bits per heavy atom. The molecule has 2 aromatic rings. The summed E-state index contributed by atoms with van der Waals surface area (Å²) in [6.07, 6.45) is 0. The molecule has 0 saturated carbocycles. The first-order valence-electron chi connectivity index (χ1n) is 6.21. The van der Waals surface area contributed by atoms with Gasteiger partial charge in [0, 0.05) is 5.75 Å². The Balaban J connectivity index is 2.04. The van der Waals surface area contributed by atoms with Gasteiger partial charge in [0.1, 0.15) is 0 Å². The van der Waals surface area contributed by atoms with Crippen LogP contribution in [-0.4, -0.2) is 15.0 Å². The number of hydrogen-bond acceptors (Lipinski definition) is 6. The Kier molecular flexibility index (Phi) is 4.99. The third kappa shape index (κ3) is 4.40. The minimum Gasteiger partial charge on any atom is -0.197 e. The van der Waals surface area contributed by atoms with Crippen molar-refractivity contribution in [2.45, 2.75) is 47.4 Å². The molecule has 6 heteroatoms. The van der Waals surface area contributed by atoms with E-state index in [-0.39, 0.29) is 5.41 Å². The predicted octanol–water partition coefficient (Wildman–Crippen LogP) is 4.04. The topological polar surface area (TPSA) is 38.7 Å². The largest absolute Gasteiger partial charge is 0.197 e. The van der Waals surface area contributed by atoms with Crippen molar-refractivity contribution in [1.82, 2.24) is 15.0 Å². The molecule has 0 amide bonds. The average Bonchev–Trinajstić information content (AvgIpc) is 2.35. The molecule has 0 radical (unpaired) electrons. The minimum atomic E-state index is 0.182. The first kappa shape index (κ1) is 15.7. The molecule has 1 heterocycles. The molecular weight excluding hydrogens is 306 g/mol. The average molecular weight is 324 g/mol. The van der Waals surface area contributed by atoms with Crippen molar-refractivity contribution < 1.29 is 0 Å². The van der Waals surface area contributed by atoms with Gasteiger partial charge >= 0.3 is 0 Å². The van der Waals surface area contributed by atoms with Crippen LogP contribution in [0.2, 0.25) is 0 Å². The van der Waals surface area contributed by atoms with E-state index >= 15 is 0 Å². The zero-order valence-electron chi connectivity index (χ0n) is 11.7. The zero-order valence-corrected chi connectivity index (χ0v) is 14.3. The monoisotopic (exact) mass is 323 g/mol. The van der Waals surface area contributed by atoms with Gasteiger partial charge in [0.25, 0.3) is 0 Å². The number of aromatic nitrogens is 3. The second-order valence-corrected chi connectivity index (χ2v) is 7.20. The molecule has 0 atom stereocenters. The summed E-state index contributed by atoms with van der Waals surface area (Å²) < 4.78 is 0. The lowest BCUT2D eigenvalue weighted by Gasteiger charge is -2.19. The summed E-state index contributed by atoms with van der Waals surface area (Å²) in [5, 5.41) is 1.45. The van der Waals surface area contributed by atoms with Crippen molar-refractivity contribution in [3.8, 4) is 0 Å². The van der Waals surface area contributed by atoms with Gasteiger partial charge in [-0.05, 0) is 16.5 Å². The van der Waals surface area contributed by atoms with Crippen LogP contribution in [0.4, 0.5) is 0 Å². The van der Waals surface area contributed by atoms with E-state index in [1.54, 1.807) is 11.8 Å². The fraction of sp³-hybridized carbons (Fsp3) is 0.357. The molecule has 0 fully saturated rings. The van der Waals surface area contributed by atoms with E-state index in [4.69, 9.17) is 0 Å². The number of benzene rings is 1. The van der Waals surface area contributed by atoms with Gasteiger partial charge in [-0.2, -0.15) is 15.0 Å². The van der Waals surface area contributed by atoms with Crippen LogP contribution >= 0.6 is 37.0 Å². The van der Waals surface area contributed by atoms with Crippen LogP contribution in [0.25, 0.3) is 0 Å². The van der Waals surface area contributed by atoms with Gasteiger partial charge < -0.3 is 0 Å². The Morgan fingerprint density at radius 1 is 0.950 bits per heavy atom. The quantitative estimate of drug-likeness (QED) is 0.660. The molecule has 1 aromatic heterocycles. The Labute approximate surface area is 134 Å². The highest BCUT2D eigenvalue weighted by atomic mass is 32.2. The van der Waals surface area contributed by atoms with E-state index < -0.39 is 0 Å². The number of nitrogens with zero attached hydrogens (tertiary/aromatic N) is 3. The van der Waals surface area contributed by atoms with Gasteiger partial charge in [0.15, 0.2) is 15.5 Å². The predicted molar refractivity (Wildman–Crippen MR) is 89.0 cm³/mol. The summed E-state index contributed by atoms with van der Waals surface area (Å²) in [4.78, 5) is 12.2. The Bertz CT molecular complexity index is 571. The van der Waals surface area contributed by atoms with Crippen molar-refractivity contribution in [2.24, 2.45) is 0 Å². The molecule has 0 bridgehead atoms. The van der Waals surface area contributed by atoms with Crippen LogP contribution in [0.5, 0.6) is 0 Å². The number of thioether (sulfide) groups is 1. The lowest BCUT2D eigenvalue weighted by Crippen LogP contribution is -2.10. The standard InChI is InChI=1S/C14H17N3S3/c1-14(2,3)10-6-4-9(5-7-10)8-20-13-16-11(18)15-12(19)17-13/h4-7H,8H2,1-3H3,(H2,15,16,17,18,19). The maximum Gasteiger partial charge on any atom is 0.192 e. The molecule has 1 aromatic carbocycles. The van der Waals surface area contributed by atoms with Gasteiger partial charge in [-0.1, -0.05) is 56.8 Å². The number of rotatable bonds is 3. The summed E-state index contributed by atoms with van der Waals surface area (Å²) in [6, 6.07) is 8.66. The molecule has 106 valence electrons. The van der Waals surface area contributed by atoms with E-state index in [0.29, 0.717) is 15.5 Å². The van der Waals surface area contributed by atoms with Crippen LogP contribution in [0, 0.1) is 0 Å². The summed E-state index contributed by atoms with van der Waals surface area (Å²) in [7, 11) is 0. The molecule has 0 aliphatic carbocycles. The van der Waals surface area contributed by atoms with Crippen LogP contribution in [0.15, 0.2) is 39.7 Å². The second kappa shape index (κ2) is 6.37. The molecule has 3 nitrogen and oxygen atoms in total. The third-order valence-electron chi connectivity index (χ3n) is 2.78. The normalized spacial score (nSPS) is 11.7. The van der Waals surface area contributed by atoms with Crippen molar-refractivity contribution in [3.05, 3.63) is 35.4 Å². The van der Waals surface area contributed by atoms with Crippen molar-refractivity contribution >= 4 is 37.0 Å². The number of thiol groups is 2. The summed E-state index contributed by atoms with van der Waals surface area (Å²) in [5.74, 6) is 0.814. The van der Waals surface area contributed by atoms with E-state index in [1.807, 2.05) is 0 Å². The van der Waals surface area contributed by atoms with Gasteiger partial charge in [0.05, 0.1) is 0 Å². The molecular formula is C14H17N3S3. The Morgan fingerprint density at radius 3 is 2.00 bits per heavy atom. The maximum atomic E-state index is 4.16. The SMILES string of the molecule is CC(C)(C)c1ccc(CSc2nc(S)nc(S)n2)cc1. The Hall–Kier alpha value is -0.720. The van der Waals surface area contributed by atoms with Crippen molar-refractivity contribution in [1.29, 1.82) is 0 Å². The van der Waals surface area contributed by atoms with Crippen molar-refractivity contribution in [3.63, 3.8) is 0 Å². The molecule has 0 spiro atoms. The van der Waals surface area contributed by atoms with Crippen molar-refractivity contribution in [2.75, 3.05) is 0 Å². The summed E-state index contributed by atoms with van der Waals surface area (Å²) in [5.41, 5.74) is 2.76. The third-order valence-corrected chi connectivity index (χ3v) is 4.10. The van der Waals surface area contributed by atoms with E-state index in [2.05, 4.69) is 85.2 Å². The molecule has 0 unspecified atom stereocenters. The molecule has 0 aliphatic heterocycles. The summed E-state index contributed by atoms with van der Waals surface area (Å²) >= 11 is 9.80. The van der Waals surface area contributed by atoms with Gasteiger partial charge in [-0.15, -0.1) is 25.3 Å². The van der Waals surface area contributed by atoms with Gasteiger partial charge in [-0.25, -0.2) is 0 Å². The minimum absolute atomic E-state index is 0.182. The second-order valence-electron chi connectivity index (χ2n) is 5.45. The van der Waals surface area contributed by atoms with E-state index in [9.17, 15) is 0 Å². The van der Waals surface area contributed by atoms with Gasteiger partial charge in [0.2, 0.25) is 0 Å². The van der Waals surface area contributed by atoms with E-state index in [1.165, 1.54) is 11.1 Å². The zero-order chi connectivity index (χ0) is 14.8. The smallest absolute Gasteiger partial charge is 0.192 e. The molecule has 0 saturated heterocycles.